The van der Waals surface area contributed by atoms with E-state index in [0.717, 1.165) is 59.1 Å². The monoisotopic (exact) mass is 692 g/mol. The molecule has 6 rings (SSSR count). The van der Waals surface area contributed by atoms with Crippen LogP contribution in [0.2, 0.25) is 0 Å². The van der Waals surface area contributed by atoms with Crippen molar-refractivity contribution in [2.24, 2.45) is 0 Å². The zero-order valence-corrected chi connectivity index (χ0v) is 29.0. The number of nitrogens with one attached hydrogen (secondary N) is 2. The van der Waals surface area contributed by atoms with E-state index in [4.69, 9.17) is 23.7 Å². The number of ether oxygens (including phenoxy) is 5. The van der Waals surface area contributed by atoms with Crippen molar-refractivity contribution >= 4 is 12.2 Å². The van der Waals surface area contributed by atoms with E-state index in [9.17, 15) is 9.59 Å². The summed E-state index contributed by atoms with van der Waals surface area (Å²) in [4.78, 5) is 24.5. The third kappa shape index (κ3) is 11.1. The fourth-order valence-electron chi connectivity index (χ4n) is 6.68. The number of rotatable bonds is 14. The topological polar surface area (TPSA) is 104 Å². The summed E-state index contributed by atoms with van der Waals surface area (Å²) in [5, 5.41) is 5.73. The number of carbonyl (C=O) groups is 2. The predicted octanol–water partition coefficient (Wildman–Crippen LogP) is 7.78. The number of alkyl carbamates (subject to hydrolysis) is 2. The molecular weight excluding hydrogens is 644 g/mol. The van der Waals surface area contributed by atoms with E-state index in [2.05, 4.69) is 59.2 Å². The zero-order chi connectivity index (χ0) is 35.1. The van der Waals surface area contributed by atoms with Crippen LogP contribution in [-0.2, 0) is 49.7 Å². The largest absolute Gasteiger partial charge is 0.445 e. The Labute approximate surface area is 300 Å². The van der Waals surface area contributed by atoms with Gasteiger partial charge in [0.2, 0.25) is 0 Å². The van der Waals surface area contributed by atoms with Crippen LogP contribution in [0.5, 0.6) is 0 Å². The molecule has 2 saturated heterocycles. The Morgan fingerprint density at radius 1 is 0.569 bits per heavy atom. The molecule has 4 unspecified atom stereocenters. The molecule has 9 nitrogen and oxygen atoms in total. The van der Waals surface area contributed by atoms with Crippen LogP contribution in [0.15, 0.2) is 109 Å². The van der Waals surface area contributed by atoms with Gasteiger partial charge in [-0.2, -0.15) is 0 Å². The standard InChI is InChI=1S/C42H48N2O7/c45-41(49-29-33-11-3-1-4-12-33)43-23-21-31-15-7-17-35(27-31)37-19-9-25-47-39(37)51-40-38(20-10-26-48-40)36-18-8-16-32(28-36)22-24-44-42(46)50-30-34-13-5-2-6-14-34/h1-8,11-18,27-28,37-40H,9-10,19-26,29-30H2,(H,43,45)(H,44,46). The van der Waals surface area contributed by atoms with E-state index in [1.54, 1.807) is 0 Å². The maximum absolute atomic E-state index is 12.2. The van der Waals surface area contributed by atoms with Gasteiger partial charge >= 0.3 is 12.2 Å². The first-order chi connectivity index (χ1) is 25.1. The van der Waals surface area contributed by atoms with E-state index >= 15 is 0 Å². The molecule has 9 heteroatoms. The van der Waals surface area contributed by atoms with E-state index in [1.807, 2.05) is 60.7 Å². The molecule has 0 saturated carbocycles. The van der Waals surface area contributed by atoms with Crippen molar-refractivity contribution in [3.63, 3.8) is 0 Å². The van der Waals surface area contributed by atoms with Crippen LogP contribution >= 0.6 is 0 Å². The first-order valence-corrected chi connectivity index (χ1v) is 18.1. The molecule has 2 fully saturated rings. The van der Waals surface area contributed by atoms with Crippen molar-refractivity contribution < 1.29 is 33.3 Å². The lowest BCUT2D eigenvalue weighted by Crippen LogP contribution is -2.39. The summed E-state index contributed by atoms with van der Waals surface area (Å²) in [6, 6.07) is 36.2. The Balaban J connectivity index is 1.01. The van der Waals surface area contributed by atoms with E-state index in [-0.39, 0.29) is 25.0 Å². The second kappa shape index (κ2) is 19.1. The van der Waals surface area contributed by atoms with Crippen LogP contribution < -0.4 is 10.6 Å². The van der Waals surface area contributed by atoms with Crippen molar-refractivity contribution in [3.8, 4) is 0 Å². The summed E-state index contributed by atoms with van der Waals surface area (Å²) in [5.41, 5.74) is 6.48. The average Bonchev–Trinajstić information content (AvgIpc) is 3.18. The molecule has 4 atom stereocenters. The third-order valence-electron chi connectivity index (χ3n) is 9.36. The predicted molar refractivity (Wildman–Crippen MR) is 194 cm³/mol. The van der Waals surface area contributed by atoms with Crippen molar-refractivity contribution in [2.75, 3.05) is 26.3 Å². The maximum atomic E-state index is 12.2. The van der Waals surface area contributed by atoms with Crippen LogP contribution in [0.3, 0.4) is 0 Å². The van der Waals surface area contributed by atoms with Crippen LogP contribution in [0.25, 0.3) is 0 Å². The highest BCUT2D eigenvalue weighted by atomic mass is 16.8. The Kier molecular flexibility index (Phi) is 13.5. The van der Waals surface area contributed by atoms with Gasteiger partial charge in [0.05, 0.1) is 0 Å². The van der Waals surface area contributed by atoms with E-state index in [0.29, 0.717) is 39.1 Å². The fraction of sp³-hybridized carbons (Fsp3) is 0.381. The molecular formula is C42H48N2O7. The van der Waals surface area contributed by atoms with Gasteiger partial charge in [0.1, 0.15) is 13.2 Å². The molecule has 0 aliphatic carbocycles. The summed E-state index contributed by atoms with van der Waals surface area (Å²) in [6.45, 7) is 2.72. The van der Waals surface area contributed by atoms with Crippen LogP contribution in [0.4, 0.5) is 9.59 Å². The van der Waals surface area contributed by atoms with Crippen LogP contribution in [0.1, 0.15) is 70.9 Å². The zero-order valence-electron chi connectivity index (χ0n) is 29.0. The molecule has 4 aromatic rings. The number of amides is 2. The highest BCUT2D eigenvalue weighted by molar-refractivity contribution is 5.67. The van der Waals surface area contributed by atoms with Crippen molar-refractivity contribution in [3.05, 3.63) is 143 Å². The van der Waals surface area contributed by atoms with Crippen molar-refractivity contribution in [2.45, 2.75) is 76.2 Å². The molecule has 268 valence electrons. The summed E-state index contributed by atoms with van der Waals surface area (Å²) < 4.78 is 29.9. The third-order valence-corrected chi connectivity index (χ3v) is 9.36. The van der Waals surface area contributed by atoms with Crippen molar-refractivity contribution in [1.82, 2.24) is 10.6 Å². The number of carbonyl (C=O) groups excluding carboxylic acids is 2. The Bertz CT molecular complexity index is 1550. The summed E-state index contributed by atoms with van der Waals surface area (Å²) in [5.74, 6) is 0.125. The lowest BCUT2D eigenvalue weighted by Gasteiger charge is -2.38. The average molecular weight is 693 g/mol. The first-order valence-electron chi connectivity index (χ1n) is 18.1. The Morgan fingerprint density at radius 3 is 1.45 bits per heavy atom. The Hall–Kier alpha value is -4.70. The number of hydrogen-bond donors (Lipinski definition) is 2. The molecule has 2 heterocycles. The molecule has 0 aromatic heterocycles. The second-order valence-electron chi connectivity index (χ2n) is 13.1. The summed E-state index contributed by atoms with van der Waals surface area (Å²) >= 11 is 0. The molecule has 51 heavy (non-hydrogen) atoms. The lowest BCUT2D eigenvalue weighted by atomic mass is 9.89. The number of hydrogen-bond acceptors (Lipinski definition) is 7. The number of benzene rings is 4. The van der Waals surface area contributed by atoms with Gasteiger partial charge in [-0.05, 0) is 71.9 Å². The van der Waals surface area contributed by atoms with Crippen LogP contribution in [0, 0.1) is 0 Å². The van der Waals surface area contributed by atoms with Gasteiger partial charge in [0, 0.05) is 38.1 Å². The molecule has 2 N–H and O–H groups in total. The van der Waals surface area contributed by atoms with Gasteiger partial charge in [-0.3, -0.25) is 0 Å². The van der Waals surface area contributed by atoms with E-state index < -0.39 is 24.8 Å². The quantitative estimate of drug-likeness (QED) is 0.139. The van der Waals surface area contributed by atoms with Crippen LogP contribution in [-0.4, -0.2) is 51.1 Å². The summed E-state index contributed by atoms with van der Waals surface area (Å²) in [6.07, 6.45) is 3.46. The highest BCUT2D eigenvalue weighted by Crippen LogP contribution is 2.38. The first kappa shape index (κ1) is 36.1. The second-order valence-corrected chi connectivity index (χ2v) is 13.1. The molecule has 0 spiro atoms. The molecule has 0 bridgehead atoms. The van der Waals surface area contributed by atoms with Gasteiger partial charge in [0.25, 0.3) is 0 Å². The maximum Gasteiger partial charge on any atom is 0.407 e. The molecule has 0 radical (unpaired) electrons. The Morgan fingerprint density at radius 2 is 1.00 bits per heavy atom. The minimum atomic E-state index is -0.431. The smallest absolute Gasteiger partial charge is 0.407 e. The van der Waals surface area contributed by atoms with Gasteiger partial charge in [-0.15, -0.1) is 0 Å². The normalized spacial score (nSPS) is 20.2. The fourth-order valence-corrected chi connectivity index (χ4v) is 6.68. The van der Waals surface area contributed by atoms with Gasteiger partial charge in [0.15, 0.2) is 12.6 Å². The minimum absolute atomic E-state index is 0.0627. The SMILES string of the molecule is O=C(NCCc1cccc(C2CCCOC2OC2OCCCC2c2cccc(CCNC(=O)OCc3ccccc3)c2)c1)OCc1ccccc1. The molecule has 4 aromatic carbocycles. The minimum Gasteiger partial charge on any atom is -0.445 e. The summed E-state index contributed by atoms with van der Waals surface area (Å²) in [7, 11) is 0. The van der Waals surface area contributed by atoms with Gasteiger partial charge < -0.3 is 34.3 Å². The molecule has 2 amide bonds. The highest BCUT2D eigenvalue weighted by Gasteiger charge is 2.36. The van der Waals surface area contributed by atoms with Gasteiger partial charge in [-0.25, -0.2) is 9.59 Å². The van der Waals surface area contributed by atoms with E-state index in [1.165, 1.54) is 0 Å². The lowest BCUT2D eigenvalue weighted by molar-refractivity contribution is -0.277. The molecule has 2 aliphatic rings. The van der Waals surface area contributed by atoms with Gasteiger partial charge in [-0.1, -0.05) is 109 Å². The van der Waals surface area contributed by atoms with Crippen molar-refractivity contribution in [1.29, 1.82) is 0 Å². The molecule has 2 aliphatic heterocycles.